The summed E-state index contributed by atoms with van der Waals surface area (Å²) in [7, 11) is 0. The Hall–Kier alpha value is -3.54. The number of unbranched alkanes of at least 4 members (excludes halogenated alkanes) is 1. The van der Waals surface area contributed by atoms with Gasteiger partial charge in [0.05, 0.1) is 13.2 Å². The summed E-state index contributed by atoms with van der Waals surface area (Å²) in [5, 5.41) is 9.70. The van der Waals surface area contributed by atoms with Crippen LogP contribution in [0.5, 0.6) is 11.5 Å². The molecule has 0 radical (unpaired) electrons. The summed E-state index contributed by atoms with van der Waals surface area (Å²) in [4.78, 5) is 48.8. The zero-order valence-electron chi connectivity index (χ0n) is 24.9. The molecule has 4 unspecified atom stereocenters. The number of nitrogens with two attached hydrogens (primary N) is 1. The minimum absolute atomic E-state index is 0.145. The van der Waals surface area contributed by atoms with Crippen LogP contribution in [0.2, 0.25) is 0 Å². The molecule has 0 heterocycles. The molecule has 0 saturated carbocycles. The average Bonchev–Trinajstić information content (AvgIpc) is 2.89. The van der Waals surface area contributed by atoms with E-state index in [1.54, 1.807) is 20.8 Å². The number of carboxylic acids is 1. The number of hydrogen-bond donors (Lipinski definition) is 2. The smallest absolute Gasteiger partial charge is 0.480 e. The van der Waals surface area contributed by atoms with Crippen LogP contribution in [0.1, 0.15) is 91.5 Å². The molecule has 0 aliphatic rings. The molecule has 12 heteroatoms. The standard InChI is InChI=1S/C29H45NO11/c1-7-10-15-36-27(33)37-17-18(4)24(25(30)26(31)32)21-13-14-22(40-28(34)38-19(5)11-8-2)23(16-21)41-29(35)39-20(6)12-9-3/h13-14,16,18-20,24-25H,7-12,15,17,30H2,1-6H3,(H,31,32)/t18?,19?,20?,24?,25-/m0/s1. The Labute approximate surface area is 241 Å². The molecular formula is C29H45NO11. The Kier molecular flexibility index (Phi) is 16.2. The molecule has 232 valence electrons. The third-order valence-electron chi connectivity index (χ3n) is 6.19. The maximum Gasteiger partial charge on any atom is 0.514 e. The van der Waals surface area contributed by atoms with Crippen molar-refractivity contribution < 1.29 is 52.7 Å². The van der Waals surface area contributed by atoms with Crippen molar-refractivity contribution in [2.24, 2.45) is 11.7 Å². The molecule has 1 aromatic carbocycles. The Morgan fingerprint density at radius 1 is 0.805 bits per heavy atom. The van der Waals surface area contributed by atoms with E-state index in [0.717, 1.165) is 19.3 Å². The molecule has 1 aromatic rings. The SMILES string of the molecule is CCCCOC(=O)OCC(C)C(c1ccc(OC(=O)OC(C)CCC)c(OC(=O)OC(C)CCC)c1)[C@H](N)C(=O)O. The largest absolute Gasteiger partial charge is 0.514 e. The van der Waals surface area contributed by atoms with E-state index in [2.05, 4.69) is 0 Å². The first kappa shape index (κ1) is 35.5. The van der Waals surface area contributed by atoms with Gasteiger partial charge in [-0.2, -0.15) is 0 Å². The highest BCUT2D eigenvalue weighted by molar-refractivity contribution is 5.75. The fourth-order valence-electron chi connectivity index (χ4n) is 4.07. The third kappa shape index (κ3) is 13.1. The van der Waals surface area contributed by atoms with E-state index in [1.807, 2.05) is 20.8 Å². The molecule has 0 aliphatic heterocycles. The van der Waals surface area contributed by atoms with Crippen molar-refractivity contribution in [2.45, 2.75) is 104 Å². The van der Waals surface area contributed by atoms with E-state index < -0.39 is 54.5 Å². The zero-order valence-corrected chi connectivity index (χ0v) is 24.9. The maximum atomic E-state index is 12.5. The van der Waals surface area contributed by atoms with Gasteiger partial charge in [0.15, 0.2) is 11.5 Å². The van der Waals surface area contributed by atoms with Crippen molar-refractivity contribution in [3.05, 3.63) is 23.8 Å². The van der Waals surface area contributed by atoms with Crippen LogP contribution in [-0.2, 0) is 23.7 Å². The summed E-state index contributed by atoms with van der Waals surface area (Å²) in [6, 6.07) is 2.75. The quantitative estimate of drug-likeness (QED) is 0.0925. The van der Waals surface area contributed by atoms with Crippen LogP contribution in [-0.4, -0.2) is 61.0 Å². The lowest BCUT2D eigenvalue weighted by Gasteiger charge is -2.28. The van der Waals surface area contributed by atoms with E-state index in [0.29, 0.717) is 24.8 Å². The van der Waals surface area contributed by atoms with Crippen LogP contribution < -0.4 is 15.2 Å². The van der Waals surface area contributed by atoms with E-state index in [9.17, 15) is 24.3 Å². The number of aliphatic carboxylic acids is 1. The zero-order chi connectivity index (χ0) is 30.9. The number of rotatable bonds is 17. The first-order valence-electron chi connectivity index (χ1n) is 14.1. The van der Waals surface area contributed by atoms with Gasteiger partial charge >= 0.3 is 24.4 Å². The van der Waals surface area contributed by atoms with E-state index in [-0.39, 0.29) is 24.7 Å². The second-order valence-electron chi connectivity index (χ2n) is 9.97. The van der Waals surface area contributed by atoms with Gasteiger partial charge in [0.2, 0.25) is 0 Å². The summed E-state index contributed by atoms with van der Waals surface area (Å²) in [6.07, 6.45) is 0.580. The number of hydrogen-bond acceptors (Lipinski definition) is 11. The molecule has 0 saturated heterocycles. The van der Waals surface area contributed by atoms with Crippen molar-refractivity contribution in [3.8, 4) is 11.5 Å². The van der Waals surface area contributed by atoms with Crippen molar-refractivity contribution in [3.63, 3.8) is 0 Å². The number of carbonyl (C=O) groups is 4. The molecule has 0 aromatic heterocycles. The molecule has 0 spiro atoms. The molecule has 1 rings (SSSR count). The summed E-state index contributed by atoms with van der Waals surface area (Å²) >= 11 is 0. The van der Waals surface area contributed by atoms with E-state index >= 15 is 0 Å². The molecule has 3 N–H and O–H groups in total. The van der Waals surface area contributed by atoms with Crippen LogP contribution in [0, 0.1) is 5.92 Å². The van der Waals surface area contributed by atoms with Crippen LogP contribution in [0.3, 0.4) is 0 Å². The van der Waals surface area contributed by atoms with Crippen molar-refractivity contribution in [2.75, 3.05) is 13.2 Å². The Morgan fingerprint density at radius 2 is 1.37 bits per heavy atom. The molecule has 0 aliphatic carbocycles. The molecule has 41 heavy (non-hydrogen) atoms. The highest BCUT2D eigenvalue weighted by Crippen LogP contribution is 2.36. The third-order valence-corrected chi connectivity index (χ3v) is 6.19. The number of carboxylic acid groups (broad SMARTS) is 1. The lowest BCUT2D eigenvalue weighted by molar-refractivity contribution is -0.139. The second-order valence-corrected chi connectivity index (χ2v) is 9.97. The van der Waals surface area contributed by atoms with E-state index in [4.69, 9.17) is 34.2 Å². The fraction of sp³-hybridized carbons (Fsp3) is 0.655. The van der Waals surface area contributed by atoms with Crippen LogP contribution in [0.4, 0.5) is 14.4 Å². The molecule has 0 fully saturated rings. The Morgan fingerprint density at radius 3 is 1.88 bits per heavy atom. The Bertz CT molecular complexity index is 984. The van der Waals surface area contributed by atoms with Crippen molar-refractivity contribution in [1.29, 1.82) is 0 Å². The molecule has 5 atom stereocenters. The normalized spacial score (nSPS) is 14.5. The van der Waals surface area contributed by atoms with Crippen LogP contribution in [0.15, 0.2) is 18.2 Å². The highest BCUT2D eigenvalue weighted by Gasteiger charge is 2.33. The molecule has 12 nitrogen and oxygen atoms in total. The number of ether oxygens (including phenoxy) is 6. The first-order valence-corrected chi connectivity index (χ1v) is 14.1. The van der Waals surface area contributed by atoms with Gasteiger partial charge in [-0.1, -0.05) is 53.0 Å². The van der Waals surface area contributed by atoms with Gasteiger partial charge in [-0.25, -0.2) is 14.4 Å². The lowest BCUT2D eigenvalue weighted by atomic mass is 9.82. The van der Waals surface area contributed by atoms with Gasteiger partial charge in [0.25, 0.3) is 0 Å². The monoisotopic (exact) mass is 583 g/mol. The van der Waals surface area contributed by atoms with Gasteiger partial charge in [-0.3, -0.25) is 4.79 Å². The van der Waals surface area contributed by atoms with Gasteiger partial charge in [0.1, 0.15) is 18.2 Å². The first-order chi connectivity index (χ1) is 19.4. The minimum Gasteiger partial charge on any atom is -0.480 e. The highest BCUT2D eigenvalue weighted by atomic mass is 16.8. The van der Waals surface area contributed by atoms with Crippen LogP contribution >= 0.6 is 0 Å². The summed E-state index contributed by atoms with van der Waals surface area (Å²) < 4.78 is 31.4. The number of benzene rings is 1. The summed E-state index contributed by atoms with van der Waals surface area (Å²) in [5.74, 6) is -3.15. The van der Waals surface area contributed by atoms with Crippen molar-refractivity contribution >= 4 is 24.4 Å². The predicted molar refractivity (Wildman–Crippen MR) is 149 cm³/mol. The molecular weight excluding hydrogens is 538 g/mol. The fourth-order valence-corrected chi connectivity index (χ4v) is 4.07. The molecule has 0 bridgehead atoms. The van der Waals surface area contributed by atoms with Crippen LogP contribution in [0.25, 0.3) is 0 Å². The topological polar surface area (TPSA) is 170 Å². The maximum absolute atomic E-state index is 12.5. The lowest BCUT2D eigenvalue weighted by Crippen LogP contribution is -2.40. The van der Waals surface area contributed by atoms with Crippen molar-refractivity contribution in [1.82, 2.24) is 0 Å². The number of carbonyl (C=O) groups excluding carboxylic acids is 3. The summed E-state index contributed by atoms with van der Waals surface area (Å²) in [5.41, 5.74) is 6.37. The Balaban J connectivity index is 3.30. The van der Waals surface area contributed by atoms with Gasteiger partial charge < -0.3 is 39.3 Å². The van der Waals surface area contributed by atoms with Gasteiger partial charge in [0, 0.05) is 5.92 Å². The summed E-state index contributed by atoms with van der Waals surface area (Å²) in [6.45, 7) is 10.9. The van der Waals surface area contributed by atoms with E-state index in [1.165, 1.54) is 18.2 Å². The molecule has 0 amide bonds. The predicted octanol–water partition coefficient (Wildman–Crippen LogP) is 6.18. The second kappa shape index (κ2) is 18.7. The van der Waals surface area contributed by atoms with Gasteiger partial charge in [-0.15, -0.1) is 0 Å². The average molecular weight is 584 g/mol. The minimum atomic E-state index is -1.42. The van der Waals surface area contributed by atoms with Gasteiger partial charge in [-0.05, 0) is 56.7 Å².